The summed E-state index contributed by atoms with van der Waals surface area (Å²) >= 11 is 0. The van der Waals surface area contributed by atoms with Gasteiger partial charge in [-0.1, -0.05) is 145 Å². The first-order valence-electron chi connectivity index (χ1n) is 14.0. The van der Waals surface area contributed by atoms with Crippen molar-refractivity contribution in [1.82, 2.24) is 0 Å². The van der Waals surface area contributed by atoms with Crippen molar-refractivity contribution in [3.05, 3.63) is 137 Å². The van der Waals surface area contributed by atoms with E-state index in [1.807, 2.05) is 0 Å². The standard InChI is InChI=1S/C37H42O/c1-35(2,3)30-22-31-32(29-20-14-9-15-21-29)26-37(24-27-16-10-7-11-17-27,25-28-18-12-8-13-19-28)38-34(31)33(23-30)36(4,5)6/h7-23,32H,24-26H2,1-6H3. The van der Waals surface area contributed by atoms with Gasteiger partial charge in [0, 0.05) is 29.9 Å². The molecule has 1 heteroatoms. The van der Waals surface area contributed by atoms with Crippen LogP contribution in [0.15, 0.2) is 103 Å². The molecule has 4 aromatic carbocycles. The van der Waals surface area contributed by atoms with E-state index in [2.05, 4.69) is 145 Å². The molecule has 0 saturated heterocycles. The predicted octanol–water partition coefficient (Wildman–Crippen LogP) is 9.42. The van der Waals surface area contributed by atoms with Crippen molar-refractivity contribution in [2.75, 3.05) is 0 Å². The Morgan fingerprint density at radius 2 is 1.16 bits per heavy atom. The fourth-order valence-corrected chi connectivity index (χ4v) is 5.95. The van der Waals surface area contributed by atoms with Crippen LogP contribution in [-0.2, 0) is 23.7 Å². The highest BCUT2D eigenvalue weighted by Crippen LogP contribution is 2.51. The van der Waals surface area contributed by atoms with Crippen LogP contribution in [-0.4, -0.2) is 5.60 Å². The van der Waals surface area contributed by atoms with Gasteiger partial charge < -0.3 is 4.74 Å². The summed E-state index contributed by atoms with van der Waals surface area (Å²) in [5.74, 6) is 1.35. The molecule has 38 heavy (non-hydrogen) atoms. The highest BCUT2D eigenvalue weighted by Gasteiger charge is 2.44. The molecular formula is C37H42O. The molecule has 0 fully saturated rings. The van der Waals surface area contributed by atoms with Crippen molar-refractivity contribution < 1.29 is 4.74 Å². The van der Waals surface area contributed by atoms with Gasteiger partial charge in [0.05, 0.1) is 0 Å². The summed E-state index contributed by atoms with van der Waals surface area (Å²) in [5, 5.41) is 0. The molecule has 0 aromatic heterocycles. The monoisotopic (exact) mass is 502 g/mol. The molecule has 1 aliphatic rings. The van der Waals surface area contributed by atoms with Crippen LogP contribution >= 0.6 is 0 Å². The van der Waals surface area contributed by atoms with Crippen molar-refractivity contribution in [3.8, 4) is 5.75 Å². The summed E-state index contributed by atoms with van der Waals surface area (Å²) in [6.07, 6.45) is 2.68. The third-order valence-electron chi connectivity index (χ3n) is 8.00. The van der Waals surface area contributed by atoms with E-state index in [-0.39, 0.29) is 22.3 Å². The quantitative estimate of drug-likeness (QED) is 0.264. The molecule has 0 aliphatic carbocycles. The Morgan fingerprint density at radius 3 is 1.63 bits per heavy atom. The van der Waals surface area contributed by atoms with E-state index in [1.54, 1.807) is 0 Å². The number of hydrogen-bond acceptors (Lipinski definition) is 1. The minimum atomic E-state index is -0.362. The second-order valence-electron chi connectivity index (χ2n) is 13.2. The zero-order valence-corrected chi connectivity index (χ0v) is 23.9. The number of ether oxygens (including phenoxy) is 1. The van der Waals surface area contributed by atoms with Gasteiger partial charge in [0.25, 0.3) is 0 Å². The lowest BCUT2D eigenvalue weighted by Gasteiger charge is -2.45. The first-order valence-corrected chi connectivity index (χ1v) is 14.0. The van der Waals surface area contributed by atoms with E-state index in [1.165, 1.54) is 33.4 Å². The van der Waals surface area contributed by atoms with Crippen LogP contribution in [0, 0.1) is 0 Å². The maximum atomic E-state index is 7.40. The zero-order chi connectivity index (χ0) is 27.0. The summed E-state index contributed by atoms with van der Waals surface area (Å²) in [6.45, 7) is 13.9. The molecule has 1 unspecified atom stereocenters. The van der Waals surface area contributed by atoms with Gasteiger partial charge in [-0.2, -0.15) is 0 Å². The van der Waals surface area contributed by atoms with Gasteiger partial charge in [-0.15, -0.1) is 0 Å². The lowest BCUT2D eigenvalue weighted by Crippen LogP contribution is -2.46. The van der Waals surface area contributed by atoms with Crippen LogP contribution in [0.5, 0.6) is 5.75 Å². The Hall–Kier alpha value is -3.32. The molecular weight excluding hydrogens is 460 g/mol. The van der Waals surface area contributed by atoms with Crippen LogP contribution in [0.4, 0.5) is 0 Å². The Balaban J connectivity index is 1.75. The summed E-state index contributed by atoms with van der Waals surface area (Å²) in [5.41, 5.74) is 7.69. The van der Waals surface area contributed by atoms with E-state index in [0.29, 0.717) is 0 Å². The summed E-state index contributed by atoms with van der Waals surface area (Å²) in [6, 6.07) is 37.7. The molecule has 0 radical (unpaired) electrons. The number of fused-ring (bicyclic) bond motifs is 1. The Kier molecular flexibility index (Phi) is 6.99. The SMILES string of the molecule is CC(C)(C)c1cc2c(c(C(C)(C)C)c1)OC(Cc1ccccc1)(Cc1ccccc1)CC2c1ccccc1. The van der Waals surface area contributed by atoms with Crippen molar-refractivity contribution in [2.45, 2.75) is 83.2 Å². The van der Waals surface area contributed by atoms with E-state index >= 15 is 0 Å². The molecule has 0 bridgehead atoms. The van der Waals surface area contributed by atoms with Gasteiger partial charge in [-0.05, 0) is 39.5 Å². The third-order valence-corrected chi connectivity index (χ3v) is 8.00. The van der Waals surface area contributed by atoms with Gasteiger partial charge in [0.15, 0.2) is 0 Å². The normalized spacial score (nSPS) is 16.9. The molecule has 0 N–H and O–H groups in total. The molecule has 5 rings (SSSR count). The third kappa shape index (κ3) is 5.58. The summed E-state index contributed by atoms with van der Waals surface area (Å²) in [7, 11) is 0. The van der Waals surface area contributed by atoms with Crippen LogP contribution in [0.3, 0.4) is 0 Å². The fraction of sp³-hybridized carbons (Fsp3) is 0.351. The Bertz CT molecular complexity index is 1310. The number of benzene rings is 4. The molecule has 0 spiro atoms. The average Bonchev–Trinajstić information content (AvgIpc) is 2.88. The van der Waals surface area contributed by atoms with Crippen molar-refractivity contribution in [2.24, 2.45) is 0 Å². The summed E-state index contributed by atoms with van der Waals surface area (Å²) < 4.78 is 7.40. The minimum Gasteiger partial charge on any atom is -0.486 e. The lowest BCUT2D eigenvalue weighted by atomic mass is 9.70. The number of rotatable bonds is 5. The number of hydrogen-bond donors (Lipinski definition) is 0. The maximum absolute atomic E-state index is 7.40. The van der Waals surface area contributed by atoms with E-state index in [9.17, 15) is 0 Å². The highest BCUT2D eigenvalue weighted by molar-refractivity contribution is 5.55. The van der Waals surface area contributed by atoms with Gasteiger partial charge in [0.1, 0.15) is 11.4 Å². The van der Waals surface area contributed by atoms with Crippen LogP contribution in [0.2, 0.25) is 0 Å². The lowest BCUT2D eigenvalue weighted by molar-refractivity contribution is 0.0378. The molecule has 1 heterocycles. The fourth-order valence-electron chi connectivity index (χ4n) is 5.95. The average molecular weight is 503 g/mol. The molecule has 196 valence electrons. The largest absolute Gasteiger partial charge is 0.486 e. The Morgan fingerprint density at radius 1 is 0.658 bits per heavy atom. The van der Waals surface area contributed by atoms with Crippen molar-refractivity contribution in [1.29, 1.82) is 0 Å². The van der Waals surface area contributed by atoms with E-state index in [0.717, 1.165) is 25.0 Å². The smallest absolute Gasteiger partial charge is 0.127 e. The van der Waals surface area contributed by atoms with Crippen LogP contribution in [0.25, 0.3) is 0 Å². The Labute approximate surface area is 229 Å². The first kappa shape index (κ1) is 26.3. The summed E-state index contributed by atoms with van der Waals surface area (Å²) in [4.78, 5) is 0. The van der Waals surface area contributed by atoms with E-state index < -0.39 is 0 Å². The second-order valence-corrected chi connectivity index (χ2v) is 13.2. The van der Waals surface area contributed by atoms with Crippen LogP contribution < -0.4 is 4.74 Å². The first-order chi connectivity index (χ1) is 18.0. The van der Waals surface area contributed by atoms with Crippen molar-refractivity contribution >= 4 is 0 Å². The van der Waals surface area contributed by atoms with Gasteiger partial charge in [0.2, 0.25) is 0 Å². The van der Waals surface area contributed by atoms with Crippen molar-refractivity contribution in [3.63, 3.8) is 0 Å². The van der Waals surface area contributed by atoms with Crippen LogP contribution in [0.1, 0.15) is 87.3 Å². The molecule has 1 atom stereocenters. The zero-order valence-electron chi connectivity index (χ0n) is 23.9. The molecule has 1 nitrogen and oxygen atoms in total. The highest BCUT2D eigenvalue weighted by atomic mass is 16.5. The van der Waals surface area contributed by atoms with Gasteiger partial charge in [-0.3, -0.25) is 0 Å². The minimum absolute atomic E-state index is 0.0465. The molecule has 1 aliphatic heterocycles. The second kappa shape index (κ2) is 10.1. The van der Waals surface area contributed by atoms with E-state index in [4.69, 9.17) is 4.74 Å². The topological polar surface area (TPSA) is 9.23 Å². The van der Waals surface area contributed by atoms with Gasteiger partial charge in [-0.25, -0.2) is 0 Å². The van der Waals surface area contributed by atoms with Gasteiger partial charge >= 0.3 is 0 Å². The molecule has 0 amide bonds. The predicted molar refractivity (Wildman–Crippen MR) is 160 cm³/mol. The molecule has 0 saturated carbocycles. The maximum Gasteiger partial charge on any atom is 0.127 e. The molecule has 4 aromatic rings.